The molecule has 0 saturated heterocycles. The predicted octanol–water partition coefficient (Wildman–Crippen LogP) is 1.40. The first kappa shape index (κ1) is 10.9. The van der Waals surface area contributed by atoms with Gasteiger partial charge in [-0.25, -0.2) is 4.79 Å². The van der Waals surface area contributed by atoms with E-state index in [1.807, 2.05) is 0 Å². The highest BCUT2D eigenvalue weighted by atomic mass is 32.1. The topological polar surface area (TPSA) is 76.2 Å². The summed E-state index contributed by atoms with van der Waals surface area (Å²) in [6, 6.07) is -1.35. The van der Waals surface area contributed by atoms with Crippen molar-refractivity contribution in [3.05, 3.63) is 16.6 Å². The van der Waals surface area contributed by atoms with E-state index in [0.717, 1.165) is 6.07 Å². The van der Waals surface area contributed by atoms with Crippen molar-refractivity contribution in [1.82, 2.24) is 4.37 Å². The Morgan fingerprint density at radius 1 is 1.64 bits per heavy atom. The average Bonchev–Trinajstić information content (AvgIpc) is 2.48. The minimum Gasteiger partial charge on any atom is -0.476 e. The molecule has 78 valence electrons. The predicted molar refractivity (Wildman–Crippen MR) is 42.1 cm³/mol. The smallest absolute Gasteiger partial charge is 0.408 e. The molecule has 0 radical (unpaired) electrons. The van der Waals surface area contributed by atoms with E-state index in [2.05, 4.69) is 4.37 Å². The maximum absolute atomic E-state index is 12.1. The molecule has 4 nitrogen and oxygen atoms in total. The molecule has 0 aromatic carbocycles. The van der Waals surface area contributed by atoms with E-state index in [-0.39, 0.29) is 4.88 Å². The normalized spacial score (nSPS) is 14.0. The molecule has 0 aliphatic carbocycles. The Morgan fingerprint density at radius 3 is 2.57 bits per heavy atom. The number of carboxylic acids is 1. The van der Waals surface area contributed by atoms with Crippen LogP contribution in [0.5, 0.6) is 0 Å². The molecule has 0 amide bonds. The molecule has 1 unspecified atom stereocenters. The van der Waals surface area contributed by atoms with Gasteiger partial charge in [-0.3, -0.25) is 0 Å². The molecular weight excluding hydrogens is 221 g/mol. The van der Waals surface area contributed by atoms with Gasteiger partial charge in [0.2, 0.25) is 0 Å². The Bertz CT molecular complexity index is 349. The highest BCUT2D eigenvalue weighted by Crippen LogP contribution is 2.32. The van der Waals surface area contributed by atoms with E-state index in [9.17, 15) is 18.0 Å². The zero-order chi connectivity index (χ0) is 10.9. The summed E-state index contributed by atoms with van der Waals surface area (Å²) in [4.78, 5) is 10.00. The van der Waals surface area contributed by atoms with E-state index in [1.54, 1.807) is 0 Å². The number of aromatic nitrogens is 1. The highest BCUT2D eigenvalue weighted by molar-refractivity contribution is 7.06. The van der Waals surface area contributed by atoms with Gasteiger partial charge in [0.25, 0.3) is 0 Å². The van der Waals surface area contributed by atoms with Crippen molar-refractivity contribution in [2.75, 3.05) is 0 Å². The van der Waals surface area contributed by atoms with Crippen LogP contribution in [0.1, 0.15) is 21.4 Å². The molecule has 1 heterocycles. The lowest BCUT2D eigenvalue weighted by Gasteiger charge is -2.12. The lowest BCUT2D eigenvalue weighted by Crippen LogP contribution is -2.27. The third-order valence-electron chi connectivity index (χ3n) is 1.41. The SMILES string of the molecule is NC(c1cc(C(=O)O)ns1)C(F)(F)F. The van der Waals surface area contributed by atoms with Crippen molar-refractivity contribution in [2.24, 2.45) is 5.73 Å². The largest absolute Gasteiger partial charge is 0.476 e. The fraction of sp³-hybridized carbons (Fsp3) is 0.333. The fourth-order valence-electron chi connectivity index (χ4n) is 0.698. The van der Waals surface area contributed by atoms with E-state index in [1.165, 1.54) is 0 Å². The Morgan fingerprint density at radius 2 is 2.21 bits per heavy atom. The van der Waals surface area contributed by atoms with E-state index in [0.29, 0.717) is 11.5 Å². The van der Waals surface area contributed by atoms with Crippen LogP contribution in [0.4, 0.5) is 13.2 Å². The van der Waals surface area contributed by atoms with Crippen LogP contribution in [0.2, 0.25) is 0 Å². The van der Waals surface area contributed by atoms with Crippen molar-refractivity contribution >= 4 is 17.5 Å². The second-order valence-electron chi connectivity index (χ2n) is 2.44. The van der Waals surface area contributed by atoms with E-state index in [4.69, 9.17) is 10.8 Å². The molecule has 0 saturated carbocycles. The molecular formula is C6H5F3N2O2S. The molecule has 1 atom stereocenters. The average molecular weight is 226 g/mol. The lowest BCUT2D eigenvalue weighted by molar-refractivity contribution is -0.148. The van der Waals surface area contributed by atoms with Gasteiger partial charge in [0, 0.05) is 0 Å². The number of rotatable bonds is 2. The molecule has 0 fully saturated rings. The molecule has 0 bridgehead atoms. The zero-order valence-electron chi connectivity index (χ0n) is 6.58. The molecule has 14 heavy (non-hydrogen) atoms. The van der Waals surface area contributed by atoms with Crippen molar-refractivity contribution in [3.63, 3.8) is 0 Å². The quantitative estimate of drug-likeness (QED) is 0.799. The highest BCUT2D eigenvalue weighted by Gasteiger charge is 2.39. The van der Waals surface area contributed by atoms with Gasteiger partial charge in [-0.1, -0.05) is 0 Å². The van der Waals surface area contributed by atoms with Gasteiger partial charge in [0.1, 0.15) is 6.04 Å². The van der Waals surface area contributed by atoms with Crippen molar-refractivity contribution in [2.45, 2.75) is 12.2 Å². The van der Waals surface area contributed by atoms with E-state index < -0.39 is 23.9 Å². The van der Waals surface area contributed by atoms with Gasteiger partial charge in [0.15, 0.2) is 5.69 Å². The summed E-state index contributed by atoms with van der Waals surface area (Å²) in [6.07, 6.45) is -4.58. The minimum atomic E-state index is -4.58. The minimum absolute atomic E-state index is 0.310. The number of nitrogens with zero attached hydrogens (tertiary/aromatic N) is 1. The number of carboxylic acid groups (broad SMARTS) is 1. The molecule has 0 spiro atoms. The van der Waals surface area contributed by atoms with Gasteiger partial charge in [0.05, 0.1) is 4.88 Å². The lowest BCUT2D eigenvalue weighted by atomic mass is 10.2. The van der Waals surface area contributed by atoms with Crippen LogP contribution < -0.4 is 5.73 Å². The first-order valence-electron chi connectivity index (χ1n) is 3.34. The Labute approximate surface area is 80.3 Å². The second kappa shape index (κ2) is 3.54. The number of carbonyl (C=O) groups is 1. The monoisotopic (exact) mass is 226 g/mol. The molecule has 1 aromatic rings. The Kier molecular flexibility index (Phi) is 2.76. The van der Waals surface area contributed by atoms with Crippen LogP contribution in [0, 0.1) is 0 Å². The first-order chi connectivity index (χ1) is 6.32. The van der Waals surface area contributed by atoms with E-state index >= 15 is 0 Å². The maximum atomic E-state index is 12.1. The van der Waals surface area contributed by atoms with Crippen LogP contribution in [-0.4, -0.2) is 21.6 Å². The van der Waals surface area contributed by atoms with Crippen LogP contribution in [0.15, 0.2) is 6.07 Å². The summed E-state index contributed by atoms with van der Waals surface area (Å²) in [7, 11) is 0. The maximum Gasteiger partial charge on any atom is 0.408 e. The summed E-state index contributed by atoms with van der Waals surface area (Å²) in [6.45, 7) is 0. The summed E-state index contributed by atoms with van der Waals surface area (Å²) < 4.78 is 39.5. The zero-order valence-corrected chi connectivity index (χ0v) is 7.39. The molecule has 1 aromatic heterocycles. The fourth-order valence-corrected chi connectivity index (χ4v) is 1.44. The number of halogens is 3. The molecule has 0 aliphatic rings. The third kappa shape index (κ3) is 2.20. The summed E-state index contributed by atoms with van der Waals surface area (Å²) in [5, 5.41) is 8.40. The summed E-state index contributed by atoms with van der Waals surface area (Å²) >= 11 is 0.437. The molecule has 3 N–H and O–H groups in total. The number of hydrogen-bond acceptors (Lipinski definition) is 4. The van der Waals surface area contributed by atoms with Gasteiger partial charge < -0.3 is 10.8 Å². The van der Waals surface area contributed by atoms with Crippen LogP contribution in [0.3, 0.4) is 0 Å². The van der Waals surface area contributed by atoms with Crippen LogP contribution >= 0.6 is 11.5 Å². The van der Waals surface area contributed by atoms with Gasteiger partial charge in [-0.15, -0.1) is 0 Å². The van der Waals surface area contributed by atoms with Crippen LogP contribution in [0.25, 0.3) is 0 Å². The number of aromatic carboxylic acids is 1. The Hall–Kier alpha value is -1.15. The first-order valence-corrected chi connectivity index (χ1v) is 4.12. The standard InChI is InChI=1S/C6H5F3N2O2S/c7-6(8,9)4(10)3-1-2(5(12)13)11-14-3/h1,4H,10H2,(H,12,13). The molecule has 1 rings (SSSR count). The second-order valence-corrected chi connectivity index (χ2v) is 3.28. The van der Waals surface area contributed by atoms with Gasteiger partial charge >= 0.3 is 12.1 Å². The summed E-state index contributed by atoms with van der Waals surface area (Å²) in [5.74, 6) is -1.37. The number of hydrogen-bond donors (Lipinski definition) is 2. The number of alkyl halides is 3. The Balaban J connectivity index is 2.92. The van der Waals surface area contributed by atoms with Gasteiger partial charge in [-0.2, -0.15) is 17.5 Å². The van der Waals surface area contributed by atoms with Crippen molar-refractivity contribution in [1.29, 1.82) is 0 Å². The summed E-state index contributed by atoms with van der Waals surface area (Å²) in [5.41, 5.74) is 4.41. The van der Waals surface area contributed by atoms with Crippen LogP contribution in [-0.2, 0) is 0 Å². The third-order valence-corrected chi connectivity index (χ3v) is 2.28. The van der Waals surface area contributed by atoms with Gasteiger partial charge in [-0.05, 0) is 17.6 Å². The molecule has 8 heteroatoms. The molecule has 0 aliphatic heterocycles. The number of nitrogens with two attached hydrogens (primary N) is 1. The van der Waals surface area contributed by atoms with Crippen molar-refractivity contribution in [3.8, 4) is 0 Å². The van der Waals surface area contributed by atoms with Crippen molar-refractivity contribution < 1.29 is 23.1 Å².